The van der Waals surface area contributed by atoms with E-state index in [1.807, 2.05) is 11.5 Å². The molecular formula is C11H16N4S2. The minimum Gasteiger partial charge on any atom is -0.300 e. The third kappa shape index (κ3) is 2.19. The quantitative estimate of drug-likeness (QED) is 0.866. The lowest BCUT2D eigenvalue weighted by Crippen LogP contribution is -1.97. The predicted octanol–water partition coefficient (Wildman–Crippen LogP) is 3.52. The van der Waals surface area contributed by atoms with Crippen molar-refractivity contribution in [2.75, 3.05) is 0 Å². The van der Waals surface area contributed by atoms with Gasteiger partial charge in [0, 0.05) is 12.5 Å². The van der Waals surface area contributed by atoms with Crippen LogP contribution in [-0.4, -0.2) is 19.7 Å². The molecule has 1 N–H and O–H groups in total. The summed E-state index contributed by atoms with van der Waals surface area (Å²) in [5.74, 6) is 1.35. The summed E-state index contributed by atoms with van der Waals surface area (Å²) >= 11 is 6.91. The van der Waals surface area contributed by atoms with E-state index in [0.29, 0.717) is 10.7 Å². The maximum atomic E-state index is 5.20. The third-order valence-corrected chi connectivity index (χ3v) is 4.35. The molecule has 0 radical (unpaired) electrons. The predicted molar refractivity (Wildman–Crippen MR) is 73.0 cm³/mol. The largest absolute Gasteiger partial charge is 0.300 e. The van der Waals surface area contributed by atoms with Gasteiger partial charge in [-0.05, 0) is 26.1 Å². The normalized spacial score (nSPS) is 11.4. The molecule has 0 aromatic carbocycles. The van der Waals surface area contributed by atoms with Crippen LogP contribution < -0.4 is 0 Å². The summed E-state index contributed by atoms with van der Waals surface area (Å²) in [7, 11) is 0. The minimum atomic E-state index is 0.449. The molecule has 0 fully saturated rings. The van der Waals surface area contributed by atoms with E-state index in [1.54, 1.807) is 11.3 Å². The molecule has 92 valence electrons. The monoisotopic (exact) mass is 268 g/mol. The van der Waals surface area contributed by atoms with Crippen LogP contribution in [0.4, 0.5) is 0 Å². The number of aromatic amines is 1. The number of thiazole rings is 1. The molecule has 0 spiro atoms. The maximum absolute atomic E-state index is 5.20. The van der Waals surface area contributed by atoms with Gasteiger partial charge in [0.25, 0.3) is 0 Å². The van der Waals surface area contributed by atoms with Gasteiger partial charge in [-0.1, -0.05) is 13.8 Å². The van der Waals surface area contributed by atoms with E-state index < -0.39 is 0 Å². The Morgan fingerprint density at radius 1 is 1.47 bits per heavy atom. The second-order valence-electron chi connectivity index (χ2n) is 4.22. The number of hydrogen-bond acceptors (Lipinski definition) is 4. The van der Waals surface area contributed by atoms with Crippen LogP contribution in [0.3, 0.4) is 0 Å². The van der Waals surface area contributed by atoms with Crippen molar-refractivity contribution in [2.45, 2.75) is 40.2 Å². The summed E-state index contributed by atoms with van der Waals surface area (Å²) < 4.78 is 2.67. The molecule has 0 saturated carbocycles. The van der Waals surface area contributed by atoms with Crippen LogP contribution in [0, 0.1) is 11.7 Å². The van der Waals surface area contributed by atoms with Crippen molar-refractivity contribution in [3.63, 3.8) is 0 Å². The fourth-order valence-electron chi connectivity index (χ4n) is 1.66. The van der Waals surface area contributed by atoms with E-state index >= 15 is 0 Å². The van der Waals surface area contributed by atoms with Gasteiger partial charge in [0.1, 0.15) is 0 Å². The zero-order chi connectivity index (χ0) is 12.6. The van der Waals surface area contributed by atoms with Crippen molar-refractivity contribution in [2.24, 2.45) is 0 Å². The number of aryl methyl sites for hydroxylation is 1. The van der Waals surface area contributed by atoms with E-state index in [1.165, 1.54) is 0 Å². The topological polar surface area (TPSA) is 46.5 Å². The molecule has 0 saturated heterocycles. The summed E-state index contributed by atoms with van der Waals surface area (Å²) in [5, 5.41) is 8.30. The first-order valence-electron chi connectivity index (χ1n) is 5.67. The first-order chi connectivity index (χ1) is 8.04. The number of aromatic nitrogens is 4. The van der Waals surface area contributed by atoms with Crippen molar-refractivity contribution >= 4 is 23.6 Å². The van der Waals surface area contributed by atoms with Crippen LogP contribution in [0.1, 0.15) is 37.4 Å². The molecular weight excluding hydrogens is 252 g/mol. The van der Waals surface area contributed by atoms with Gasteiger partial charge in [-0.2, -0.15) is 5.10 Å². The van der Waals surface area contributed by atoms with Gasteiger partial charge in [0.2, 0.25) is 0 Å². The molecule has 0 aliphatic rings. The lowest BCUT2D eigenvalue weighted by Gasteiger charge is -2.00. The first kappa shape index (κ1) is 12.4. The van der Waals surface area contributed by atoms with Gasteiger partial charge in [-0.15, -0.1) is 11.3 Å². The molecule has 0 amide bonds. The number of nitrogens with zero attached hydrogens (tertiary/aromatic N) is 3. The SMILES string of the molecule is CCn1c(-c2sc(C(C)C)nc2C)n[nH]c1=S. The average Bonchev–Trinajstić information content (AvgIpc) is 2.81. The van der Waals surface area contributed by atoms with Crippen molar-refractivity contribution in [3.05, 3.63) is 15.5 Å². The highest BCUT2D eigenvalue weighted by molar-refractivity contribution is 7.71. The molecule has 0 bridgehead atoms. The van der Waals surface area contributed by atoms with Gasteiger partial charge >= 0.3 is 0 Å². The number of hydrogen-bond donors (Lipinski definition) is 1. The van der Waals surface area contributed by atoms with E-state index in [0.717, 1.165) is 27.9 Å². The highest BCUT2D eigenvalue weighted by atomic mass is 32.1. The average molecular weight is 268 g/mol. The van der Waals surface area contributed by atoms with E-state index in [2.05, 4.69) is 36.0 Å². The van der Waals surface area contributed by atoms with E-state index in [4.69, 9.17) is 12.2 Å². The van der Waals surface area contributed by atoms with Gasteiger partial charge in [0.05, 0.1) is 15.6 Å². The Morgan fingerprint density at radius 3 is 2.71 bits per heavy atom. The Hall–Kier alpha value is -1.01. The molecule has 17 heavy (non-hydrogen) atoms. The molecule has 2 rings (SSSR count). The van der Waals surface area contributed by atoms with Crippen LogP contribution in [0.5, 0.6) is 0 Å². The van der Waals surface area contributed by atoms with Crippen molar-refractivity contribution in [1.82, 2.24) is 19.7 Å². The smallest absolute Gasteiger partial charge is 0.195 e. The third-order valence-electron chi connectivity index (χ3n) is 2.58. The maximum Gasteiger partial charge on any atom is 0.195 e. The fraction of sp³-hybridized carbons (Fsp3) is 0.545. The Bertz CT molecular complexity index is 577. The molecule has 0 unspecified atom stereocenters. The summed E-state index contributed by atoms with van der Waals surface area (Å²) in [4.78, 5) is 5.70. The minimum absolute atomic E-state index is 0.449. The van der Waals surface area contributed by atoms with Gasteiger partial charge in [0.15, 0.2) is 10.6 Å². The second-order valence-corrected chi connectivity index (χ2v) is 5.64. The van der Waals surface area contributed by atoms with E-state index in [-0.39, 0.29) is 0 Å². The zero-order valence-electron chi connectivity index (χ0n) is 10.4. The van der Waals surface area contributed by atoms with Gasteiger partial charge in [-0.3, -0.25) is 9.67 Å². The van der Waals surface area contributed by atoms with Gasteiger partial charge in [-0.25, -0.2) is 4.98 Å². The van der Waals surface area contributed by atoms with Crippen molar-refractivity contribution in [1.29, 1.82) is 0 Å². The van der Waals surface area contributed by atoms with Crippen LogP contribution >= 0.6 is 23.6 Å². The highest BCUT2D eigenvalue weighted by Gasteiger charge is 2.16. The van der Waals surface area contributed by atoms with Crippen LogP contribution in [0.15, 0.2) is 0 Å². The second kappa shape index (κ2) is 4.70. The van der Waals surface area contributed by atoms with Gasteiger partial charge < -0.3 is 0 Å². The molecule has 0 aliphatic heterocycles. The summed E-state index contributed by atoms with van der Waals surface area (Å²) in [6.45, 7) is 9.21. The Morgan fingerprint density at radius 2 is 2.18 bits per heavy atom. The molecule has 6 heteroatoms. The van der Waals surface area contributed by atoms with Crippen molar-refractivity contribution < 1.29 is 0 Å². The summed E-state index contributed by atoms with van der Waals surface area (Å²) in [6.07, 6.45) is 0. The fourth-order valence-corrected chi connectivity index (χ4v) is 2.99. The Labute approximate surface area is 110 Å². The van der Waals surface area contributed by atoms with Crippen molar-refractivity contribution in [3.8, 4) is 10.7 Å². The summed E-state index contributed by atoms with van der Waals surface area (Å²) in [6, 6.07) is 0. The van der Waals surface area contributed by atoms with E-state index in [9.17, 15) is 0 Å². The molecule has 2 aromatic rings. The zero-order valence-corrected chi connectivity index (χ0v) is 12.1. The number of H-pyrrole nitrogens is 1. The number of nitrogens with one attached hydrogen (secondary N) is 1. The summed E-state index contributed by atoms with van der Waals surface area (Å²) in [5.41, 5.74) is 1.03. The molecule has 2 aromatic heterocycles. The lowest BCUT2D eigenvalue weighted by atomic mass is 10.2. The Balaban J connectivity index is 2.56. The first-order valence-corrected chi connectivity index (χ1v) is 6.90. The highest BCUT2D eigenvalue weighted by Crippen LogP contribution is 2.31. The van der Waals surface area contributed by atoms with Crippen LogP contribution in [0.2, 0.25) is 0 Å². The Kier molecular flexibility index (Phi) is 3.44. The van der Waals surface area contributed by atoms with Crippen LogP contribution in [0.25, 0.3) is 10.7 Å². The molecule has 2 heterocycles. The number of rotatable bonds is 3. The standard InChI is InChI=1S/C11H16N4S2/c1-5-15-9(13-14-11(15)16)8-7(4)12-10(17-8)6(2)3/h6H,5H2,1-4H3,(H,14,16). The molecule has 4 nitrogen and oxygen atoms in total. The van der Waals surface area contributed by atoms with Crippen LogP contribution in [-0.2, 0) is 6.54 Å². The molecule has 0 atom stereocenters. The lowest BCUT2D eigenvalue weighted by molar-refractivity contribution is 0.756. The molecule has 0 aliphatic carbocycles.